The molecule has 7 atom stereocenters. The van der Waals surface area contributed by atoms with Gasteiger partial charge in [0.2, 0.25) is 6.79 Å². The van der Waals surface area contributed by atoms with Crippen LogP contribution < -0.4 is 29.0 Å². The van der Waals surface area contributed by atoms with Crippen molar-refractivity contribution in [1.29, 1.82) is 0 Å². The van der Waals surface area contributed by atoms with Gasteiger partial charge in [-0.3, -0.25) is 15.1 Å². The van der Waals surface area contributed by atoms with Crippen LogP contribution in [0.4, 0.5) is 30.7 Å². The second-order valence-corrected chi connectivity index (χ2v) is 17.5. The van der Waals surface area contributed by atoms with Gasteiger partial charge in [-0.1, -0.05) is 6.07 Å². The first kappa shape index (κ1) is 43.4. The van der Waals surface area contributed by atoms with Crippen LogP contribution in [0.15, 0.2) is 18.2 Å². The van der Waals surface area contributed by atoms with Gasteiger partial charge in [-0.25, -0.2) is 9.59 Å². The summed E-state index contributed by atoms with van der Waals surface area (Å²) in [6.07, 6.45) is -7.74. The molecule has 2 fully saturated rings. The van der Waals surface area contributed by atoms with Crippen molar-refractivity contribution in [2.24, 2.45) is 0 Å². The second-order valence-electron chi connectivity index (χ2n) is 16.4. The van der Waals surface area contributed by atoms with Crippen LogP contribution in [0.2, 0.25) is 0 Å². The zero-order valence-electron chi connectivity index (χ0n) is 34.0. The number of rotatable bonds is 5. The van der Waals surface area contributed by atoms with E-state index in [4.69, 9.17) is 28.4 Å². The summed E-state index contributed by atoms with van der Waals surface area (Å²) in [6, 6.07) is 0.602. The lowest BCUT2D eigenvalue weighted by molar-refractivity contribution is -0.346. The Hall–Kier alpha value is -4.90. The number of nitrogens with zero attached hydrogens (tertiary/aromatic N) is 2. The molecule has 0 aromatic heterocycles. The van der Waals surface area contributed by atoms with Crippen LogP contribution in [0.1, 0.15) is 61.8 Å². The topological polar surface area (TPSA) is 169 Å². The molecule has 0 saturated carbocycles. The third-order valence-electron chi connectivity index (χ3n) is 13.2. The van der Waals surface area contributed by atoms with Gasteiger partial charge in [0.1, 0.15) is 18.6 Å². The van der Waals surface area contributed by atoms with E-state index in [0.717, 1.165) is 11.8 Å². The van der Waals surface area contributed by atoms with Crippen molar-refractivity contribution in [2.45, 2.75) is 85.9 Å². The van der Waals surface area contributed by atoms with E-state index in [0.29, 0.717) is 34.2 Å². The van der Waals surface area contributed by atoms with E-state index in [9.17, 15) is 46.9 Å². The number of likely N-dealkylation sites (N-methyl/N-ethyl adjacent to an activating group) is 1. The molecule has 3 aromatic rings. The zero-order chi connectivity index (χ0) is 45.5. The number of thioether (sulfide) groups is 1. The fourth-order valence-electron chi connectivity index (χ4n) is 10.3. The van der Waals surface area contributed by atoms with E-state index < -0.39 is 90.3 Å². The Bertz CT molecular complexity index is 2460. The Balaban J connectivity index is 1.32. The third kappa shape index (κ3) is 5.92. The van der Waals surface area contributed by atoms with Crippen molar-refractivity contribution in [3.8, 4) is 40.2 Å². The molecule has 7 heterocycles. The predicted octanol–water partition coefficient (Wildman–Crippen LogP) is 5.23. The Kier molecular flexibility index (Phi) is 10.0. The fourth-order valence-corrected chi connectivity index (χ4v) is 12.0. The number of nitrogens with one attached hydrogen (secondary N) is 1. The molecule has 0 aliphatic carbocycles. The SMILES string of the molecule is COc1cc2c(cc1O)CCN[C@]21CS[C@@H]2c3c(OC(=O)C(F)(F)C(F)(F)C(F)(F)F)c(C)c4c(c3[C@H](COC1=O)N1C2[C@@H]2c3c(cc(C)c(OC)c3O)C[C@@H]([C@@H]1O)N2C)OCO4. The van der Waals surface area contributed by atoms with Crippen molar-refractivity contribution in [1.82, 2.24) is 15.1 Å². The first-order chi connectivity index (χ1) is 29.6. The van der Waals surface area contributed by atoms with Crippen molar-refractivity contribution >= 4 is 23.7 Å². The van der Waals surface area contributed by atoms with Crippen molar-refractivity contribution in [3.63, 3.8) is 0 Å². The summed E-state index contributed by atoms with van der Waals surface area (Å²) < 4.78 is 134. The van der Waals surface area contributed by atoms with Crippen LogP contribution in [0.3, 0.4) is 0 Å². The number of hydrogen-bond acceptors (Lipinski definition) is 15. The first-order valence-corrected chi connectivity index (χ1v) is 20.7. The Morgan fingerprint density at radius 2 is 1.67 bits per heavy atom. The van der Waals surface area contributed by atoms with Crippen LogP contribution >= 0.6 is 11.8 Å². The van der Waals surface area contributed by atoms with Gasteiger partial charge in [-0.05, 0) is 68.1 Å². The number of phenolic OH excluding ortho intramolecular Hbond substituents is 2. The summed E-state index contributed by atoms with van der Waals surface area (Å²) in [5.74, 6) is -19.1. The number of benzene rings is 3. The van der Waals surface area contributed by atoms with Gasteiger partial charge in [0.05, 0.1) is 37.6 Å². The molecule has 0 radical (unpaired) electrons. The number of carbonyl (C=O) groups is 2. The second kappa shape index (κ2) is 14.6. The molecule has 2 saturated heterocycles. The predicted molar refractivity (Wildman–Crippen MR) is 205 cm³/mol. The number of aryl methyl sites for hydroxylation is 1. The van der Waals surface area contributed by atoms with Gasteiger partial charge in [0.15, 0.2) is 40.0 Å². The molecule has 22 heteroatoms. The summed E-state index contributed by atoms with van der Waals surface area (Å²) in [6.45, 7) is 2.00. The van der Waals surface area contributed by atoms with Gasteiger partial charge < -0.3 is 43.7 Å². The van der Waals surface area contributed by atoms with Gasteiger partial charge in [0.25, 0.3) is 0 Å². The van der Waals surface area contributed by atoms with Crippen LogP contribution in [-0.4, -0.2) is 120 Å². The molecule has 10 rings (SSSR count). The molecule has 63 heavy (non-hydrogen) atoms. The lowest BCUT2D eigenvalue weighted by atomic mass is 9.73. The van der Waals surface area contributed by atoms with Gasteiger partial charge >= 0.3 is 30.0 Å². The minimum atomic E-state index is -6.87. The molecule has 7 aliphatic heterocycles. The maximum atomic E-state index is 15.2. The molecule has 3 aromatic carbocycles. The van der Waals surface area contributed by atoms with Crippen molar-refractivity contribution < 1.29 is 84.1 Å². The van der Waals surface area contributed by atoms with Crippen LogP contribution in [0.25, 0.3) is 0 Å². The number of aromatic hydroxyl groups is 2. The average Bonchev–Trinajstić information content (AvgIpc) is 3.72. The van der Waals surface area contributed by atoms with E-state index in [2.05, 4.69) is 5.32 Å². The normalized spacial score (nSPS) is 27.8. The monoisotopic (exact) mass is 915 g/mol. The van der Waals surface area contributed by atoms with Crippen LogP contribution in [0.5, 0.6) is 40.2 Å². The molecular weight excluding hydrogens is 876 g/mol. The average molecular weight is 916 g/mol. The molecule has 0 amide bonds. The lowest BCUT2D eigenvalue weighted by Gasteiger charge is -2.62. The highest BCUT2D eigenvalue weighted by molar-refractivity contribution is 7.99. The molecule has 340 valence electrons. The summed E-state index contributed by atoms with van der Waals surface area (Å²) in [4.78, 5) is 31.4. The quantitative estimate of drug-likeness (QED) is 0.149. The lowest BCUT2D eigenvalue weighted by Crippen LogP contribution is -2.70. The van der Waals surface area contributed by atoms with Gasteiger partial charge in [-0.2, -0.15) is 30.7 Å². The van der Waals surface area contributed by atoms with Gasteiger partial charge in [0, 0.05) is 40.6 Å². The number of piperazine rings is 1. The summed E-state index contributed by atoms with van der Waals surface area (Å²) >= 11 is 0.969. The fraction of sp³-hybridized carbons (Fsp3) is 0.512. The number of fused-ring (bicyclic) bond motifs is 9. The maximum Gasteiger partial charge on any atom is 0.460 e. The smallest absolute Gasteiger partial charge is 0.460 e. The summed E-state index contributed by atoms with van der Waals surface area (Å²) in [7, 11) is 4.36. The number of ether oxygens (including phenoxy) is 6. The molecule has 4 bridgehead atoms. The van der Waals surface area contributed by atoms with Crippen LogP contribution in [-0.2, 0) is 32.7 Å². The Labute approximate surface area is 358 Å². The maximum absolute atomic E-state index is 15.2. The standard InChI is InChI=1S/C41H40F7N3O11S/c1-15-8-18-9-20-35(54)51-21-12-59-36(55)38(19-11-23(57-4)22(52)10-17(19)6-7-49-38)13-63-34(28(51)27(50(20)3)24(18)29(53)30(15)58-5)26-25(21)33-32(60-14-61-33)16(2)31(26)62-37(56)39(42,43)40(44,45)41(46,47)48/h8,10-11,20-21,27-28,34-35,49,52-54H,6-7,9,12-14H2,1-5H3/t20-,21-,27-,28?,34+,35-,38+/m0/s1. The Morgan fingerprint density at radius 1 is 0.952 bits per heavy atom. The van der Waals surface area contributed by atoms with Crippen molar-refractivity contribution in [2.75, 3.05) is 47.0 Å². The number of halogens is 7. The van der Waals surface area contributed by atoms with E-state index in [1.165, 1.54) is 33.3 Å². The first-order valence-electron chi connectivity index (χ1n) is 19.6. The van der Waals surface area contributed by atoms with Gasteiger partial charge in [-0.15, -0.1) is 11.8 Å². The number of hydrogen-bond donors (Lipinski definition) is 4. The number of phenols is 2. The largest absolute Gasteiger partial charge is 0.504 e. The molecule has 7 aliphatic rings. The third-order valence-corrected chi connectivity index (χ3v) is 14.7. The number of methoxy groups -OCH3 is 2. The molecular formula is C41H40F7N3O11S. The highest BCUT2D eigenvalue weighted by Crippen LogP contribution is 2.65. The number of alkyl halides is 7. The molecule has 1 unspecified atom stereocenters. The number of aliphatic hydroxyl groups is 1. The zero-order valence-corrected chi connectivity index (χ0v) is 34.8. The van der Waals surface area contributed by atoms with E-state index >= 15 is 8.78 Å². The van der Waals surface area contributed by atoms with E-state index in [1.807, 2.05) is 0 Å². The minimum absolute atomic E-state index is 0.0143. The highest BCUT2D eigenvalue weighted by atomic mass is 32.2. The minimum Gasteiger partial charge on any atom is -0.504 e. The Morgan fingerprint density at radius 3 is 2.35 bits per heavy atom. The van der Waals surface area contributed by atoms with E-state index in [1.54, 1.807) is 29.8 Å². The van der Waals surface area contributed by atoms with E-state index in [-0.39, 0.29) is 69.9 Å². The number of aliphatic hydroxyl groups excluding tert-OH is 1. The molecule has 1 spiro atoms. The molecule has 4 N–H and O–H groups in total. The molecule has 14 nitrogen and oxygen atoms in total. The summed E-state index contributed by atoms with van der Waals surface area (Å²) in [5, 5.41) is 37.2. The van der Waals surface area contributed by atoms with Crippen molar-refractivity contribution in [3.05, 3.63) is 62.7 Å². The number of carbonyl (C=O) groups excluding carboxylic acids is 2. The van der Waals surface area contributed by atoms with Crippen LogP contribution in [0, 0.1) is 13.8 Å². The highest BCUT2D eigenvalue weighted by Gasteiger charge is 2.77. The number of esters is 2. The summed E-state index contributed by atoms with van der Waals surface area (Å²) in [5.41, 5.74) is 0.218.